The Morgan fingerprint density at radius 2 is 2.06 bits per heavy atom. The Morgan fingerprint density at radius 1 is 1.41 bits per heavy atom. The van der Waals surface area contributed by atoms with Gasteiger partial charge < -0.3 is 5.32 Å². The standard InChI is InChI=1S/C14H19FN2/c1-10(14(2,3)4)17-9-12-7-11(8-16)5-6-13(12)15/h5-7,10,17H,9H2,1-4H3. The summed E-state index contributed by atoms with van der Waals surface area (Å²) in [5, 5.41) is 12.0. The highest BCUT2D eigenvalue weighted by Gasteiger charge is 2.19. The van der Waals surface area contributed by atoms with Crippen molar-refractivity contribution in [3.8, 4) is 6.07 Å². The van der Waals surface area contributed by atoms with Crippen LogP contribution < -0.4 is 5.32 Å². The fourth-order valence-electron chi connectivity index (χ4n) is 1.35. The average molecular weight is 234 g/mol. The van der Waals surface area contributed by atoms with Gasteiger partial charge in [-0.15, -0.1) is 0 Å². The smallest absolute Gasteiger partial charge is 0.127 e. The van der Waals surface area contributed by atoms with Crippen LogP contribution in [0.15, 0.2) is 18.2 Å². The lowest BCUT2D eigenvalue weighted by Crippen LogP contribution is -2.37. The molecule has 1 unspecified atom stereocenters. The maximum atomic E-state index is 13.5. The van der Waals surface area contributed by atoms with Gasteiger partial charge in [0, 0.05) is 18.2 Å². The van der Waals surface area contributed by atoms with Crippen LogP contribution in [0.2, 0.25) is 0 Å². The van der Waals surface area contributed by atoms with Gasteiger partial charge in [-0.1, -0.05) is 20.8 Å². The maximum Gasteiger partial charge on any atom is 0.127 e. The number of rotatable bonds is 3. The SMILES string of the molecule is CC(NCc1cc(C#N)ccc1F)C(C)(C)C. The third-order valence-corrected chi connectivity index (χ3v) is 3.07. The van der Waals surface area contributed by atoms with Gasteiger partial charge in [-0.3, -0.25) is 0 Å². The lowest BCUT2D eigenvalue weighted by Gasteiger charge is -2.28. The van der Waals surface area contributed by atoms with Crippen LogP contribution in [0.4, 0.5) is 4.39 Å². The zero-order chi connectivity index (χ0) is 13.1. The molecule has 0 heterocycles. The summed E-state index contributed by atoms with van der Waals surface area (Å²) in [5.74, 6) is -0.266. The van der Waals surface area contributed by atoms with Crippen molar-refractivity contribution in [3.05, 3.63) is 35.1 Å². The molecule has 0 bridgehead atoms. The second-order valence-electron chi connectivity index (χ2n) is 5.39. The number of nitriles is 1. The molecule has 1 rings (SSSR count). The van der Waals surface area contributed by atoms with E-state index in [2.05, 4.69) is 33.0 Å². The molecule has 1 aromatic carbocycles. The van der Waals surface area contributed by atoms with Gasteiger partial charge in [-0.05, 0) is 30.5 Å². The Balaban J connectivity index is 2.73. The van der Waals surface area contributed by atoms with Gasteiger partial charge in [0.1, 0.15) is 5.82 Å². The lowest BCUT2D eigenvalue weighted by atomic mass is 9.88. The van der Waals surface area contributed by atoms with Crippen LogP contribution in [-0.4, -0.2) is 6.04 Å². The molecule has 17 heavy (non-hydrogen) atoms. The molecule has 0 saturated heterocycles. The fraction of sp³-hybridized carbons (Fsp3) is 0.500. The van der Waals surface area contributed by atoms with Crippen LogP contribution in [0.1, 0.15) is 38.8 Å². The first-order chi connectivity index (χ1) is 7.84. The summed E-state index contributed by atoms with van der Waals surface area (Å²) in [6.07, 6.45) is 0. The summed E-state index contributed by atoms with van der Waals surface area (Å²) < 4.78 is 13.5. The molecule has 0 amide bonds. The van der Waals surface area contributed by atoms with Crippen LogP contribution >= 0.6 is 0 Å². The number of nitrogens with zero attached hydrogens (tertiary/aromatic N) is 1. The number of hydrogen-bond donors (Lipinski definition) is 1. The van der Waals surface area contributed by atoms with E-state index in [0.29, 0.717) is 17.7 Å². The van der Waals surface area contributed by atoms with E-state index in [1.165, 1.54) is 12.1 Å². The molecular weight excluding hydrogens is 215 g/mol. The van der Waals surface area contributed by atoms with E-state index in [4.69, 9.17) is 5.26 Å². The first kappa shape index (κ1) is 13.7. The predicted octanol–water partition coefficient (Wildman–Crippen LogP) is 3.22. The molecular formula is C14H19FN2. The van der Waals surface area contributed by atoms with E-state index in [9.17, 15) is 4.39 Å². The topological polar surface area (TPSA) is 35.8 Å². The highest BCUT2D eigenvalue weighted by Crippen LogP contribution is 2.19. The fourth-order valence-corrected chi connectivity index (χ4v) is 1.35. The van der Waals surface area contributed by atoms with Gasteiger partial charge in [0.25, 0.3) is 0 Å². The Hall–Kier alpha value is -1.40. The van der Waals surface area contributed by atoms with Crippen molar-refractivity contribution in [2.45, 2.75) is 40.3 Å². The number of benzene rings is 1. The molecule has 0 spiro atoms. The molecule has 92 valence electrons. The summed E-state index contributed by atoms with van der Waals surface area (Å²) in [4.78, 5) is 0. The minimum absolute atomic E-state index is 0.128. The number of hydrogen-bond acceptors (Lipinski definition) is 2. The van der Waals surface area contributed by atoms with E-state index >= 15 is 0 Å². The van der Waals surface area contributed by atoms with Crippen molar-refractivity contribution in [2.24, 2.45) is 5.41 Å². The quantitative estimate of drug-likeness (QED) is 0.871. The molecule has 0 aliphatic heterocycles. The molecule has 3 heteroatoms. The van der Waals surface area contributed by atoms with Crippen molar-refractivity contribution in [1.29, 1.82) is 5.26 Å². The molecule has 0 radical (unpaired) electrons. The zero-order valence-corrected chi connectivity index (χ0v) is 10.8. The molecule has 1 N–H and O–H groups in total. The van der Waals surface area contributed by atoms with Crippen LogP contribution in [0, 0.1) is 22.6 Å². The Labute approximate surface area is 102 Å². The summed E-state index contributed by atoms with van der Waals surface area (Å²) in [6, 6.07) is 6.72. The van der Waals surface area contributed by atoms with E-state index in [0.717, 1.165) is 0 Å². The van der Waals surface area contributed by atoms with E-state index in [-0.39, 0.29) is 17.3 Å². The van der Waals surface area contributed by atoms with Gasteiger partial charge in [0.15, 0.2) is 0 Å². The molecule has 2 nitrogen and oxygen atoms in total. The molecule has 0 aliphatic rings. The van der Waals surface area contributed by atoms with E-state index < -0.39 is 0 Å². The molecule has 0 aliphatic carbocycles. The van der Waals surface area contributed by atoms with Gasteiger partial charge in [0.2, 0.25) is 0 Å². The first-order valence-electron chi connectivity index (χ1n) is 5.76. The van der Waals surface area contributed by atoms with Crippen molar-refractivity contribution in [3.63, 3.8) is 0 Å². The number of nitrogens with one attached hydrogen (secondary N) is 1. The van der Waals surface area contributed by atoms with Crippen molar-refractivity contribution >= 4 is 0 Å². The Morgan fingerprint density at radius 3 is 2.59 bits per heavy atom. The van der Waals surface area contributed by atoms with Gasteiger partial charge in [-0.25, -0.2) is 4.39 Å². The Kier molecular flexibility index (Phi) is 4.25. The second-order valence-corrected chi connectivity index (χ2v) is 5.39. The molecule has 1 atom stereocenters. The molecule has 1 aromatic rings. The van der Waals surface area contributed by atoms with Crippen LogP contribution in [0.5, 0.6) is 0 Å². The average Bonchev–Trinajstić information content (AvgIpc) is 2.26. The minimum Gasteiger partial charge on any atom is -0.310 e. The highest BCUT2D eigenvalue weighted by molar-refractivity contribution is 5.33. The first-order valence-corrected chi connectivity index (χ1v) is 5.76. The van der Waals surface area contributed by atoms with E-state index in [1.54, 1.807) is 6.07 Å². The van der Waals surface area contributed by atoms with Crippen LogP contribution in [0.3, 0.4) is 0 Å². The normalized spacial score (nSPS) is 13.2. The highest BCUT2D eigenvalue weighted by atomic mass is 19.1. The Bertz CT molecular complexity index is 427. The zero-order valence-electron chi connectivity index (χ0n) is 10.8. The molecule has 0 saturated carbocycles. The minimum atomic E-state index is -0.266. The predicted molar refractivity (Wildman–Crippen MR) is 66.9 cm³/mol. The monoisotopic (exact) mass is 234 g/mol. The largest absolute Gasteiger partial charge is 0.310 e. The van der Waals surface area contributed by atoms with Gasteiger partial charge in [-0.2, -0.15) is 5.26 Å². The lowest BCUT2D eigenvalue weighted by molar-refractivity contribution is 0.284. The summed E-state index contributed by atoms with van der Waals surface area (Å²) in [6.45, 7) is 8.91. The number of halogens is 1. The van der Waals surface area contributed by atoms with Crippen molar-refractivity contribution in [1.82, 2.24) is 5.32 Å². The third-order valence-electron chi connectivity index (χ3n) is 3.07. The van der Waals surface area contributed by atoms with E-state index in [1.807, 2.05) is 6.07 Å². The van der Waals surface area contributed by atoms with Crippen LogP contribution in [0.25, 0.3) is 0 Å². The molecule has 0 aromatic heterocycles. The van der Waals surface area contributed by atoms with Crippen LogP contribution in [-0.2, 0) is 6.54 Å². The van der Waals surface area contributed by atoms with Gasteiger partial charge in [0.05, 0.1) is 11.6 Å². The van der Waals surface area contributed by atoms with Crippen molar-refractivity contribution < 1.29 is 4.39 Å². The van der Waals surface area contributed by atoms with Gasteiger partial charge >= 0.3 is 0 Å². The molecule has 0 fully saturated rings. The maximum absolute atomic E-state index is 13.5. The third kappa shape index (κ3) is 3.83. The second kappa shape index (κ2) is 5.29. The van der Waals surface area contributed by atoms with Crippen molar-refractivity contribution in [2.75, 3.05) is 0 Å². The summed E-state index contributed by atoms with van der Waals surface area (Å²) in [5.41, 5.74) is 1.16. The summed E-state index contributed by atoms with van der Waals surface area (Å²) in [7, 11) is 0. The summed E-state index contributed by atoms with van der Waals surface area (Å²) >= 11 is 0.